The van der Waals surface area contributed by atoms with Gasteiger partial charge in [0.15, 0.2) is 5.11 Å². The van der Waals surface area contributed by atoms with Gasteiger partial charge in [-0.1, -0.05) is 41.4 Å². The van der Waals surface area contributed by atoms with Crippen LogP contribution in [-0.4, -0.2) is 27.4 Å². The molecule has 1 saturated heterocycles. The van der Waals surface area contributed by atoms with Crippen LogP contribution in [0.1, 0.15) is 35.5 Å². The molecule has 3 heterocycles. The first-order valence-electron chi connectivity index (χ1n) is 11.8. The lowest BCUT2D eigenvalue weighted by Crippen LogP contribution is -2.32. The molecular formula is C28H24Cl2N4O2S. The van der Waals surface area contributed by atoms with Crippen LogP contribution in [0.15, 0.2) is 83.4 Å². The Kier molecular flexibility index (Phi) is 7.46. The van der Waals surface area contributed by atoms with Crippen molar-refractivity contribution >= 4 is 52.1 Å². The Morgan fingerprint density at radius 1 is 1.11 bits per heavy atom. The fourth-order valence-electron chi connectivity index (χ4n) is 4.47. The quantitative estimate of drug-likeness (QED) is 0.242. The Morgan fingerprint density at radius 2 is 1.97 bits per heavy atom. The average molecular weight is 551 g/mol. The molecule has 0 unspecified atom stereocenters. The van der Waals surface area contributed by atoms with Crippen LogP contribution >= 0.6 is 35.4 Å². The van der Waals surface area contributed by atoms with Crippen molar-refractivity contribution in [3.05, 3.63) is 106 Å². The summed E-state index contributed by atoms with van der Waals surface area (Å²) in [4.78, 5) is 19.3. The molecule has 1 amide bonds. The zero-order valence-electron chi connectivity index (χ0n) is 19.9. The number of aromatic nitrogens is 1. The topological polar surface area (TPSA) is 70.4 Å². The first-order chi connectivity index (χ1) is 17.9. The molecule has 0 saturated carbocycles. The molecule has 2 atom stereocenters. The van der Waals surface area contributed by atoms with Gasteiger partial charge in [-0.25, -0.2) is 0 Å². The van der Waals surface area contributed by atoms with Crippen molar-refractivity contribution in [2.75, 3.05) is 11.9 Å². The van der Waals surface area contributed by atoms with Gasteiger partial charge in [-0.2, -0.15) is 0 Å². The molecule has 0 bridgehead atoms. The second-order valence-electron chi connectivity index (χ2n) is 8.81. The van der Waals surface area contributed by atoms with Gasteiger partial charge in [0.25, 0.3) is 0 Å². The maximum Gasteiger partial charge on any atom is 0.226 e. The average Bonchev–Trinajstić information content (AvgIpc) is 3.47. The molecule has 2 aromatic heterocycles. The highest BCUT2D eigenvalue weighted by Gasteiger charge is 2.41. The minimum Gasteiger partial charge on any atom is -0.459 e. The largest absolute Gasteiger partial charge is 0.459 e. The van der Waals surface area contributed by atoms with E-state index < -0.39 is 0 Å². The van der Waals surface area contributed by atoms with Crippen molar-refractivity contribution in [3.8, 4) is 11.3 Å². The summed E-state index contributed by atoms with van der Waals surface area (Å²) < 4.78 is 6.32. The number of pyridine rings is 1. The number of rotatable bonds is 7. The van der Waals surface area contributed by atoms with E-state index in [1.807, 2.05) is 72.5 Å². The molecule has 2 aromatic carbocycles. The highest BCUT2D eigenvalue weighted by molar-refractivity contribution is 7.80. The number of hydrogen-bond acceptors (Lipinski definition) is 4. The lowest BCUT2D eigenvalue weighted by Gasteiger charge is -2.25. The summed E-state index contributed by atoms with van der Waals surface area (Å²) in [6.07, 6.45) is 1.99. The minimum atomic E-state index is -0.311. The van der Waals surface area contributed by atoms with E-state index >= 15 is 0 Å². The Labute approximate surface area is 230 Å². The summed E-state index contributed by atoms with van der Waals surface area (Å²) in [5.74, 6) is 1.20. The predicted molar refractivity (Wildman–Crippen MR) is 151 cm³/mol. The second kappa shape index (κ2) is 10.9. The van der Waals surface area contributed by atoms with E-state index in [0.29, 0.717) is 33.2 Å². The lowest BCUT2D eigenvalue weighted by molar-refractivity contribution is -0.116. The zero-order valence-corrected chi connectivity index (χ0v) is 22.3. The minimum absolute atomic E-state index is 0.0958. The number of anilines is 1. The van der Waals surface area contributed by atoms with Gasteiger partial charge in [-0.05, 0) is 79.3 Å². The van der Waals surface area contributed by atoms with Gasteiger partial charge in [0.05, 0.1) is 16.8 Å². The number of halogens is 2. The Morgan fingerprint density at radius 3 is 2.73 bits per heavy atom. The highest BCUT2D eigenvalue weighted by atomic mass is 35.5. The summed E-state index contributed by atoms with van der Waals surface area (Å²) in [5.41, 5.74) is 3.41. The Hall–Kier alpha value is -3.39. The van der Waals surface area contributed by atoms with Crippen LogP contribution in [-0.2, 0) is 4.79 Å². The second-order valence-corrected chi connectivity index (χ2v) is 10.0. The van der Waals surface area contributed by atoms with Gasteiger partial charge >= 0.3 is 0 Å². The maximum atomic E-state index is 12.8. The highest BCUT2D eigenvalue weighted by Crippen LogP contribution is 2.41. The van der Waals surface area contributed by atoms with Crippen LogP contribution in [0.4, 0.5) is 5.69 Å². The molecule has 1 aliphatic rings. The van der Waals surface area contributed by atoms with E-state index in [0.717, 1.165) is 22.5 Å². The fraction of sp³-hybridized carbons (Fsp3) is 0.179. The van der Waals surface area contributed by atoms with Crippen LogP contribution in [0, 0.1) is 6.92 Å². The van der Waals surface area contributed by atoms with Gasteiger partial charge in [0.2, 0.25) is 5.91 Å². The Bertz CT molecular complexity index is 1440. The predicted octanol–water partition coefficient (Wildman–Crippen LogP) is 6.96. The van der Waals surface area contributed by atoms with E-state index in [-0.39, 0.29) is 24.4 Å². The number of furan rings is 1. The summed E-state index contributed by atoms with van der Waals surface area (Å²) >= 11 is 18.2. The van der Waals surface area contributed by atoms with Crippen LogP contribution in [0.5, 0.6) is 0 Å². The normalized spacial score (nSPS) is 17.1. The van der Waals surface area contributed by atoms with Crippen molar-refractivity contribution in [1.82, 2.24) is 15.2 Å². The van der Waals surface area contributed by atoms with Crippen molar-refractivity contribution < 1.29 is 9.21 Å². The van der Waals surface area contributed by atoms with Gasteiger partial charge in [-0.15, -0.1) is 0 Å². The van der Waals surface area contributed by atoms with Crippen LogP contribution in [0.3, 0.4) is 0 Å². The van der Waals surface area contributed by atoms with E-state index in [9.17, 15) is 4.79 Å². The fourth-order valence-corrected chi connectivity index (χ4v) is 5.30. The molecule has 188 valence electrons. The third kappa shape index (κ3) is 5.64. The molecular weight excluding hydrogens is 527 g/mol. The number of hydrogen-bond donors (Lipinski definition) is 2. The van der Waals surface area contributed by atoms with Crippen molar-refractivity contribution in [3.63, 3.8) is 0 Å². The number of benzene rings is 2. The number of carbonyl (C=O) groups is 1. The number of nitrogens with zero attached hydrogens (tertiary/aromatic N) is 2. The molecule has 37 heavy (non-hydrogen) atoms. The molecule has 1 aliphatic heterocycles. The van der Waals surface area contributed by atoms with Gasteiger partial charge in [-0.3, -0.25) is 9.78 Å². The van der Waals surface area contributed by atoms with Crippen molar-refractivity contribution in [2.24, 2.45) is 0 Å². The molecule has 0 radical (unpaired) electrons. The molecule has 9 heteroatoms. The lowest BCUT2D eigenvalue weighted by atomic mass is 10.0. The first-order valence-corrected chi connectivity index (χ1v) is 13.0. The smallest absolute Gasteiger partial charge is 0.226 e. The number of thiocarbonyl (C=S) groups is 1. The Balaban J connectivity index is 1.41. The summed E-state index contributed by atoms with van der Waals surface area (Å²) in [6, 6.07) is 22.0. The molecule has 6 nitrogen and oxygen atoms in total. The third-order valence-electron chi connectivity index (χ3n) is 6.19. The van der Waals surface area contributed by atoms with Gasteiger partial charge < -0.3 is 20.0 Å². The standard InChI is InChI=1S/C28H24Cl2N4O2S/c1-17-5-4-6-19(15-17)32-25(35)12-14-34-27(26(33-28(34)37)22-7-2-3-13-31-22)24-11-10-23(36-24)20-9-8-18(29)16-21(20)30/h2-11,13,15-16,26-27H,12,14H2,1H3,(H,32,35)(H,33,37)/t26-,27-/m1/s1. The van der Waals surface area contributed by atoms with Gasteiger partial charge in [0.1, 0.15) is 17.6 Å². The molecule has 4 aromatic rings. The molecule has 1 fully saturated rings. The molecule has 2 N–H and O–H groups in total. The number of carbonyl (C=O) groups excluding carboxylic acids is 1. The molecule has 0 spiro atoms. The maximum absolute atomic E-state index is 12.8. The molecule has 0 aliphatic carbocycles. The number of aryl methyl sites for hydroxylation is 1. The zero-order chi connectivity index (χ0) is 25.9. The molecule has 5 rings (SSSR count). The monoisotopic (exact) mass is 550 g/mol. The van der Waals surface area contributed by atoms with Crippen molar-refractivity contribution in [1.29, 1.82) is 0 Å². The summed E-state index contributed by atoms with van der Waals surface area (Å²) in [5, 5.41) is 7.93. The van der Waals surface area contributed by atoms with Crippen LogP contribution < -0.4 is 10.6 Å². The first kappa shape index (κ1) is 25.3. The summed E-state index contributed by atoms with van der Waals surface area (Å²) in [7, 11) is 0. The number of nitrogens with one attached hydrogen (secondary N) is 2. The van der Waals surface area contributed by atoms with E-state index in [1.54, 1.807) is 18.3 Å². The van der Waals surface area contributed by atoms with E-state index in [1.165, 1.54) is 0 Å². The van der Waals surface area contributed by atoms with Crippen molar-refractivity contribution in [2.45, 2.75) is 25.4 Å². The van der Waals surface area contributed by atoms with E-state index in [4.69, 9.17) is 39.8 Å². The van der Waals surface area contributed by atoms with E-state index in [2.05, 4.69) is 15.6 Å². The third-order valence-corrected chi connectivity index (χ3v) is 7.09. The van der Waals surface area contributed by atoms with Crippen LogP contribution in [0.2, 0.25) is 10.0 Å². The summed E-state index contributed by atoms with van der Waals surface area (Å²) in [6.45, 7) is 2.39. The number of amides is 1. The SMILES string of the molecule is Cc1cccc(NC(=O)CCN2C(=S)N[C@H](c3ccccn3)[C@H]2c2ccc(-c3ccc(Cl)cc3Cl)o2)c1. The van der Waals surface area contributed by atoms with Crippen LogP contribution in [0.25, 0.3) is 11.3 Å². The van der Waals surface area contributed by atoms with Gasteiger partial charge in [0, 0.05) is 35.4 Å².